The minimum atomic E-state index is 1.20. The van der Waals surface area contributed by atoms with Crippen LogP contribution in [0.4, 0.5) is 0 Å². The van der Waals surface area contributed by atoms with Gasteiger partial charge in [0, 0.05) is 49.9 Å². The first-order valence-corrected chi connectivity index (χ1v) is 24.8. The molecule has 0 unspecified atom stereocenters. The minimum absolute atomic E-state index is 1.20. The van der Waals surface area contributed by atoms with Crippen LogP contribution in [-0.4, -0.2) is 0 Å². The molecular weight excluding hydrogens is 653 g/mol. The van der Waals surface area contributed by atoms with Crippen molar-refractivity contribution < 1.29 is 9.13 Å². The zero-order valence-electron chi connectivity index (χ0n) is 36.8. The van der Waals surface area contributed by atoms with Crippen LogP contribution >= 0.6 is 0 Å². The number of pyridine rings is 2. The monoisotopic (exact) mass is 747 g/mol. The first-order chi connectivity index (χ1) is 26.8. The number of hydrogen-bond acceptors (Lipinski definition) is 0. The predicted molar refractivity (Wildman–Crippen MR) is 238 cm³/mol. The van der Waals surface area contributed by atoms with Gasteiger partial charge in [0.15, 0.2) is 23.8 Å². The van der Waals surface area contributed by atoms with Crippen molar-refractivity contribution >= 4 is 0 Å². The van der Waals surface area contributed by atoms with Gasteiger partial charge in [-0.05, 0) is 25.7 Å². The molecule has 54 heavy (non-hydrogen) atoms. The number of aromatic nitrogens is 2. The Labute approximate surface area is 339 Å². The van der Waals surface area contributed by atoms with Gasteiger partial charge in [-0.15, -0.1) is 0 Å². The van der Waals surface area contributed by atoms with Gasteiger partial charge in [0.1, 0.15) is 13.1 Å². The van der Waals surface area contributed by atoms with Gasteiger partial charge in [-0.1, -0.05) is 219 Å². The molecule has 0 radical (unpaired) electrons. The number of unbranched alkanes of at least 4 members (excludes halogenated alkanes) is 33. The van der Waals surface area contributed by atoms with Gasteiger partial charge >= 0.3 is 0 Å². The third-order valence-electron chi connectivity index (χ3n) is 12.2. The molecule has 0 amide bonds. The Bertz CT molecular complexity index is 963. The topological polar surface area (TPSA) is 7.76 Å². The maximum absolute atomic E-state index is 2.55. The molecule has 0 spiro atoms. The Morgan fingerprint density at radius 3 is 0.796 bits per heavy atom. The highest BCUT2D eigenvalue weighted by atomic mass is 15.0. The highest BCUT2D eigenvalue weighted by molar-refractivity contribution is 4.98. The van der Waals surface area contributed by atoms with Crippen LogP contribution in [0.1, 0.15) is 256 Å². The molecule has 0 aromatic carbocycles. The van der Waals surface area contributed by atoms with E-state index in [9.17, 15) is 0 Å². The lowest BCUT2D eigenvalue weighted by Crippen LogP contribution is -2.38. The summed E-state index contributed by atoms with van der Waals surface area (Å²) >= 11 is 0. The van der Waals surface area contributed by atoms with Gasteiger partial charge in [0.25, 0.3) is 0 Å². The summed E-state index contributed by atoms with van der Waals surface area (Å²) in [6.45, 7) is 7.02. The molecule has 0 aliphatic heterocycles. The second-order valence-corrected chi connectivity index (χ2v) is 17.3. The van der Waals surface area contributed by atoms with E-state index < -0.39 is 0 Å². The quantitative estimate of drug-likeness (QED) is 0.0473. The molecule has 0 fully saturated rings. The maximum atomic E-state index is 2.55. The van der Waals surface area contributed by atoms with E-state index in [2.05, 4.69) is 71.8 Å². The third kappa shape index (κ3) is 28.7. The predicted octanol–water partition coefficient (Wildman–Crippen LogP) is 16.1. The Balaban J connectivity index is 1.39. The second-order valence-electron chi connectivity index (χ2n) is 17.3. The normalized spacial score (nSPS) is 11.5. The molecule has 0 bridgehead atoms. The average Bonchev–Trinajstić information content (AvgIpc) is 3.19. The van der Waals surface area contributed by atoms with Crippen LogP contribution in [0.25, 0.3) is 0 Å². The van der Waals surface area contributed by atoms with Crippen LogP contribution in [0.5, 0.6) is 0 Å². The van der Waals surface area contributed by atoms with E-state index in [0.717, 1.165) is 0 Å². The molecule has 2 aromatic rings. The lowest BCUT2D eigenvalue weighted by atomic mass is 10.0. The standard InChI is InChI=1S/C52H94N2/c1-3-5-7-9-11-13-15-17-19-21-23-27-31-35-43-51-45-37-41-49-53(51)47-39-33-29-25-26-30-34-40-48-54-50-42-38-46-52(54)44-36-32-28-24-22-20-18-16-14-12-10-8-6-4-2/h37-38,41-42,45-46,49-50H,3-36,39-40,43-44,47-48H2,1-2H3/q+2. The molecule has 2 rings (SSSR count). The summed E-state index contributed by atoms with van der Waals surface area (Å²) in [6.07, 6.45) is 58.4. The Morgan fingerprint density at radius 2 is 0.519 bits per heavy atom. The number of rotatable bonds is 41. The van der Waals surface area contributed by atoms with E-state index in [1.165, 1.54) is 257 Å². The summed E-state index contributed by atoms with van der Waals surface area (Å²) in [6, 6.07) is 13.7. The third-order valence-corrected chi connectivity index (χ3v) is 12.2. The van der Waals surface area contributed by atoms with Crippen molar-refractivity contribution in [2.75, 3.05) is 0 Å². The summed E-state index contributed by atoms with van der Waals surface area (Å²) in [7, 11) is 0. The van der Waals surface area contributed by atoms with Crippen LogP contribution in [0, 0.1) is 0 Å². The molecular formula is C52H94N2+2. The molecule has 0 saturated carbocycles. The SMILES string of the molecule is CCCCCCCCCCCCCCCCc1cccc[n+]1CCCCCCCCCC[n+]1ccccc1CCCCCCCCCCCCCCCC. The van der Waals surface area contributed by atoms with Gasteiger partial charge in [0.2, 0.25) is 0 Å². The molecule has 0 aliphatic rings. The summed E-state index contributed by atoms with van der Waals surface area (Å²) < 4.78 is 5.11. The average molecular weight is 747 g/mol. The fourth-order valence-electron chi connectivity index (χ4n) is 8.54. The Kier molecular flexibility index (Phi) is 34.3. The molecule has 0 saturated heterocycles. The molecule has 2 nitrogen and oxygen atoms in total. The summed E-state index contributed by atoms with van der Waals surface area (Å²) in [4.78, 5) is 0. The van der Waals surface area contributed by atoms with Crippen LogP contribution < -0.4 is 9.13 Å². The number of nitrogens with zero attached hydrogens (tertiary/aromatic N) is 2. The van der Waals surface area contributed by atoms with Crippen LogP contribution in [0.15, 0.2) is 48.8 Å². The number of hydrogen-bond donors (Lipinski definition) is 0. The lowest BCUT2D eigenvalue weighted by molar-refractivity contribution is -0.704. The van der Waals surface area contributed by atoms with Crippen LogP contribution in [0.3, 0.4) is 0 Å². The van der Waals surface area contributed by atoms with Gasteiger partial charge in [-0.25, -0.2) is 9.13 Å². The van der Waals surface area contributed by atoms with Crippen molar-refractivity contribution in [1.29, 1.82) is 0 Å². The fourth-order valence-corrected chi connectivity index (χ4v) is 8.54. The molecule has 0 N–H and O–H groups in total. The summed E-state index contributed by atoms with van der Waals surface area (Å²) in [5.41, 5.74) is 3.10. The molecule has 2 heteroatoms. The maximum Gasteiger partial charge on any atom is 0.181 e. The van der Waals surface area contributed by atoms with Gasteiger partial charge in [-0.3, -0.25) is 0 Å². The van der Waals surface area contributed by atoms with E-state index in [0.29, 0.717) is 0 Å². The van der Waals surface area contributed by atoms with E-state index >= 15 is 0 Å². The molecule has 310 valence electrons. The summed E-state index contributed by atoms with van der Waals surface area (Å²) in [5, 5.41) is 0. The molecule has 2 heterocycles. The molecule has 2 aromatic heterocycles. The van der Waals surface area contributed by atoms with E-state index in [1.54, 1.807) is 11.4 Å². The highest BCUT2D eigenvalue weighted by Crippen LogP contribution is 2.16. The minimum Gasteiger partial charge on any atom is -0.202 e. The number of aryl methyl sites for hydroxylation is 4. The lowest BCUT2D eigenvalue weighted by Gasteiger charge is -2.06. The van der Waals surface area contributed by atoms with E-state index in [1.807, 2.05) is 0 Å². The zero-order chi connectivity index (χ0) is 38.3. The van der Waals surface area contributed by atoms with E-state index in [4.69, 9.17) is 0 Å². The van der Waals surface area contributed by atoms with Crippen molar-refractivity contribution in [2.24, 2.45) is 0 Å². The van der Waals surface area contributed by atoms with Gasteiger partial charge in [-0.2, -0.15) is 0 Å². The second kappa shape index (κ2) is 38.2. The van der Waals surface area contributed by atoms with Crippen molar-refractivity contribution in [3.8, 4) is 0 Å². The van der Waals surface area contributed by atoms with Crippen molar-refractivity contribution in [3.63, 3.8) is 0 Å². The van der Waals surface area contributed by atoms with Gasteiger partial charge < -0.3 is 0 Å². The smallest absolute Gasteiger partial charge is 0.181 e. The van der Waals surface area contributed by atoms with Crippen molar-refractivity contribution in [3.05, 3.63) is 60.2 Å². The summed E-state index contributed by atoms with van der Waals surface area (Å²) in [5.74, 6) is 0. The van der Waals surface area contributed by atoms with Crippen molar-refractivity contribution in [2.45, 2.75) is 271 Å². The van der Waals surface area contributed by atoms with Crippen molar-refractivity contribution in [1.82, 2.24) is 0 Å². The molecule has 0 atom stereocenters. The van der Waals surface area contributed by atoms with Gasteiger partial charge in [0.05, 0.1) is 0 Å². The fraction of sp³-hybridized carbons (Fsp3) is 0.808. The zero-order valence-corrected chi connectivity index (χ0v) is 36.8. The van der Waals surface area contributed by atoms with E-state index in [-0.39, 0.29) is 0 Å². The Morgan fingerprint density at radius 1 is 0.278 bits per heavy atom. The largest absolute Gasteiger partial charge is 0.202 e. The van der Waals surface area contributed by atoms with Crippen LogP contribution in [0.2, 0.25) is 0 Å². The molecule has 0 aliphatic carbocycles. The first kappa shape index (κ1) is 48.4. The first-order valence-electron chi connectivity index (χ1n) is 24.8. The van der Waals surface area contributed by atoms with Crippen LogP contribution in [-0.2, 0) is 25.9 Å². The highest BCUT2D eigenvalue weighted by Gasteiger charge is 2.10. The Hall–Kier alpha value is -1.70.